The molecule has 164 valence electrons. The van der Waals surface area contributed by atoms with E-state index in [-0.39, 0.29) is 11.9 Å². The highest BCUT2D eigenvalue weighted by atomic mass is 16.2. The van der Waals surface area contributed by atoms with Gasteiger partial charge in [-0.3, -0.25) is 14.0 Å². The van der Waals surface area contributed by atoms with Gasteiger partial charge in [-0.1, -0.05) is 42.5 Å². The van der Waals surface area contributed by atoms with Crippen molar-refractivity contribution in [1.82, 2.24) is 14.7 Å². The highest BCUT2D eigenvalue weighted by Gasteiger charge is 2.26. The highest BCUT2D eigenvalue weighted by Crippen LogP contribution is 2.22. The molecule has 1 aliphatic heterocycles. The maximum atomic E-state index is 13.5. The number of aromatic nitrogens is 2. The Morgan fingerprint density at radius 2 is 1.81 bits per heavy atom. The van der Waals surface area contributed by atoms with Gasteiger partial charge in [0.25, 0.3) is 5.91 Å². The summed E-state index contributed by atoms with van der Waals surface area (Å²) in [6, 6.07) is 20.3. The third-order valence-corrected chi connectivity index (χ3v) is 6.21. The van der Waals surface area contributed by atoms with Gasteiger partial charge in [-0.2, -0.15) is 5.10 Å². The Morgan fingerprint density at radius 1 is 1.06 bits per heavy atom. The molecule has 0 fully saturated rings. The SMILES string of the molecule is CN(C(=O)c1cccc(-c2ccn(C)n2)c1)C(CC[N+]1(C)C=CC=C1)Cc1ccccc1. The fourth-order valence-corrected chi connectivity index (χ4v) is 4.19. The van der Waals surface area contributed by atoms with Gasteiger partial charge >= 0.3 is 0 Å². The predicted molar refractivity (Wildman–Crippen MR) is 129 cm³/mol. The van der Waals surface area contributed by atoms with E-state index in [0.29, 0.717) is 5.56 Å². The van der Waals surface area contributed by atoms with Crippen LogP contribution < -0.4 is 0 Å². The molecule has 5 heteroatoms. The van der Waals surface area contributed by atoms with Crippen molar-refractivity contribution in [2.75, 3.05) is 20.6 Å². The Hall–Kier alpha value is -3.44. The molecule has 5 nitrogen and oxygen atoms in total. The monoisotopic (exact) mass is 427 g/mol. The minimum absolute atomic E-state index is 0.0406. The van der Waals surface area contributed by atoms with E-state index < -0.39 is 0 Å². The lowest BCUT2D eigenvalue weighted by atomic mass is 10.00. The van der Waals surface area contributed by atoms with Crippen LogP contribution in [0.4, 0.5) is 0 Å². The van der Waals surface area contributed by atoms with Crippen molar-refractivity contribution in [3.63, 3.8) is 0 Å². The Morgan fingerprint density at radius 3 is 2.50 bits per heavy atom. The van der Waals surface area contributed by atoms with Gasteiger partial charge in [-0.25, -0.2) is 0 Å². The number of aryl methyl sites for hydroxylation is 1. The number of amides is 1. The van der Waals surface area contributed by atoms with Crippen LogP contribution in [0.3, 0.4) is 0 Å². The molecule has 0 saturated carbocycles. The van der Waals surface area contributed by atoms with E-state index in [9.17, 15) is 4.79 Å². The molecule has 1 aliphatic rings. The first-order chi connectivity index (χ1) is 15.4. The number of quaternary nitrogens is 1. The van der Waals surface area contributed by atoms with Gasteiger partial charge in [-0.15, -0.1) is 0 Å². The quantitative estimate of drug-likeness (QED) is 0.491. The molecule has 4 rings (SSSR count). The molecule has 0 saturated heterocycles. The van der Waals surface area contributed by atoms with Gasteiger partial charge in [0, 0.05) is 43.9 Å². The van der Waals surface area contributed by atoms with E-state index in [2.05, 4.69) is 61.0 Å². The number of hydrogen-bond donors (Lipinski definition) is 0. The number of benzene rings is 2. The molecular weight excluding hydrogens is 396 g/mol. The van der Waals surface area contributed by atoms with Crippen molar-refractivity contribution in [3.05, 3.63) is 103 Å². The summed E-state index contributed by atoms with van der Waals surface area (Å²) in [6.45, 7) is 0.941. The summed E-state index contributed by atoms with van der Waals surface area (Å²) in [5.74, 6) is 0.0406. The van der Waals surface area contributed by atoms with Crippen molar-refractivity contribution in [3.8, 4) is 11.3 Å². The van der Waals surface area contributed by atoms with Crippen molar-refractivity contribution in [2.24, 2.45) is 7.05 Å². The molecule has 32 heavy (non-hydrogen) atoms. The fourth-order valence-electron chi connectivity index (χ4n) is 4.19. The van der Waals surface area contributed by atoms with Crippen LogP contribution in [-0.4, -0.2) is 51.8 Å². The maximum Gasteiger partial charge on any atom is 0.253 e. The molecule has 0 radical (unpaired) electrons. The second-order valence-electron chi connectivity index (χ2n) is 8.76. The molecule has 1 unspecified atom stereocenters. The molecular formula is C27H31N4O+. The Balaban J connectivity index is 1.55. The van der Waals surface area contributed by atoms with Gasteiger partial charge in [-0.05, 0) is 42.3 Å². The molecule has 1 aromatic heterocycles. The molecule has 0 aliphatic carbocycles. The molecule has 0 N–H and O–H groups in total. The van der Waals surface area contributed by atoms with E-state index in [0.717, 1.165) is 35.1 Å². The molecule has 0 spiro atoms. The van der Waals surface area contributed by atoms with Crippen LogP contribution in [0.1, 0.15) is 22.3 Å². The predicted octanol–water partition coefficient (Wildman–Crippen LogP) is 4.65. The van der Waals surface area contributed by atoms with Gasteiger partial charge < -0.3 is 4.90 Å². The number of allylic oxidation sites excluding steroid dienone is 2. The summed E-state index contributed by atoms with van der Waals surface area (Å²) in [5, 5.41) is 4.48. The first-order valence-electron chi connectivity index (χ1n) is 11.1. The summed E-state index contributed by atoms with van der Waals surface area (Å²) < 4.78 is 2.54. The standard InChI is InChI=1S/C27H31N4O/c1-29-16-14-26(28-29)23-12-9-13-24(21-23)27(32)30(2)25(20-22-10-5-4-6-11-22)15-19-31(3)17-7-8-18-31/h4-14,16-18,21,25H,15,19-20H2,1-3H3/q+1. The highest BCUT2D eigenvalue weighted by molar-refractivity contribution is 5.95. The van der Waals surface area contributed by atoms with Crippen molar-refractivity contribution >= 4 is 5.91 Å². The molecule has 0 bridgehead atoms. The number of carbonyl (C=O) groups excluding carboxylic acids is 1. The summed E-state index contributed by atoms with van der Waals surface area (Å²) in [6.07, 6.45) is 12.2. The van der Waals surface area contributed by atoms with Crippen LogP contribution in [0.5, 0.6) is 0 Å². The minimum atomic E-state index is 0.0406. The second-order valence-corrected chi connectivity index (χ2v) is 8.76. The van der Waals surface area contributed by atoms with E-state index in [1.807, 2.05) is 61.6 Å². The zero-order valence-corrected chi connectivity index (χ0v) is 19.1. The smallest absolute Gasteiger partial charge is 0.253 e. The molecule has 2 aromatic carbocycles. The van der Waals surface area contributed by atoms with Crippen molar-refractivity contribution < 1.29 is 9.28 Å². The fraction of sp³-hybridized carbons (Fsp3) is 0.259. The van der Waals surface area contributed by atoms with E-state index in [4.69, 9.17) is 0 Å². The van der Waals surface area contributed by atoms with Gasteiger partial charge in [0.2, 0.25) is 0 Å². The maximum absolute atomic E-state index is 13.5. The first-order valence-corrected chi connectivity index (χ1v) is 11.1. The third-order valence-electron chi connectivity index (χ3n) is 6.21. The number of carbonyl (C=O) groups is 1. The molecule has 2 heterocycles. The van der Waals surface area contributed by atoms with E-state index in [1.54, 1.807) is 4.68 Å². The average molecular weight is 428 g/mol. The summed E-state index contributed by atoms with van der Waals surface area (Å²) >= 11 is 0. The number of nitrogens with zero attached hydrogens (tertiary/aromatic N) is 4. The minimum Gasteiger partial charge on any atom is -0.338 e. The first kappa shape index (κ1) is 21.8. The van der Waals surface area contributed by atoms with Crippen LogP contribution >= 0.6 is 0 Å². The molecule has 1 amide bonds. The lowest BCUT2D eigenvalue weighted by Crippen LogP contribution is -2.42. The Kier molecular flexibility index (Phi) is 6.37. The van der Waals surface area contributed by atoms with Crippen molar-refractivity contribution in [2.45, 2.75) is 18.9 Å². The van der Waals surface area contributed by atoms with Crippen LogP contribution in [0, 0.1) is 0 Å². The normalized spacial score (nSPS) is 15.1. The largest absolute Gasteiger partial charge is 0.338 e. The van der Waals surface area contributed by atoms with Gasteiger partial charge in [0.1, 0.15) is 12.4 Å². The van der Waals surface area contributed by atoms with Gasteiger partial charge in [0.15, 0.2) is 0 Å². The van der Waals surface area contributed by atoms with Crippen LogP contribution in [0.15, 0.2) is 91.4 Å². The number of hydrogen-bond acceptors (Lipinski definition) is 2. The second kappa shape index (κ2) is 9.37. The van der Waals surface area contributed by atoms with Crippen molar-refractivity contribution in [1.29, 1.82) is 0 Å². The van der Waals surface area contributed by atoms with E-state index in [1.165, 1.54) is 5.56 Å². The van der Waals surface area contributed by atoms with Crippen LogP contribution in [-0.2, 0) is 13.5 Å². The third kappa shape index (κ3) is 5.06. The zero-order chi connectivity index (χ0) is 22.6. The number of rotatable bonds is 8. The molecule has 1 atom stereocenters. The number of likely N-dealkylation sites (N-methyl/N-ethyl adjacent to an activating group) is 1. The Labute approximate surface area is 190 Å². The lowest BCUT2D eigenvalue weighted by molar-refractivity contribution is -0.804. The lowest BCUT2D eigenvalue weighted by Gasteiger charge is -2.32. The van der Waals surface area contributed by atoms with Gasteiger partial charge in [0.05, 0.1) is 19.3 Å². The Bertz CT molecular complexity index is 1120. The van der Waals surface area contributed by atoms with Crippen LogP contribution in [0.25, 0.3) is 11.3 Å². The van der Waals surface area contributed by atoms with E-state index >= 15 is 0 Å². The average Bonchev–Trinajstić information content (AvgIpc) is 3.45. The summed E-state index contributed by atoms with van der Waals surface area (Å²) in [7, 11) is 6.02. The summed E-state index contributed by atoms with van der Waals surface area (Å²) in [4.78, 5) is 15.4. The summed E-state index contributed by atoms with van der Waals surface area (Å²) in [5.41, 5.74) is 3.76. The molecule has 3 aromatic rings. The zero-order valence-electron chi connectivity index (χ0n) is 19.1. The topological polar surface area (TPSA) is 38.1 Å². The van der Waals surface area contributed by atoms with Crippen LogP contribution in [0.2, 0.25) is 0 Å².